The third-order valence-electron chi connectivity index (χ3n) is 1.55. The number of nitrogens with zero attached hydrogens (tertiary/aromatic N) is 1. The lowest BCUT2D eigenvalue weighted by Crippen LogP contribution is -2.39. The Balaban J connectivity index is 2.52. The van der Waals surface area contributed by atoms with E-state index in [1.165, 1.54) is 11.8 Å². The van der Waals surface area contributed by atoms with Gasteiger partial charge in [0.05, 0.1) is 10.3 Å². The van der Waals surface area contributed by atoms with Crippen molar-refractivity contribution < 1.29 is 9.59 Å². The third-order valence-corrected chi connectivity index (χ3v) is 2.60. The molecule has 0 saturated heterocycles. The summed E-state index contributed by atoms with van der Waals surface area (Å²) in [6.45, 7) is 1.68. The molecule has 0 saturated carbocycles. The topological polar surface area (TPSA) is 85.1 Å². The number of rotatable bonds is 3. The summed E-state index contributed by atoms with van der Waals surface area (Å²) in [5.74, 6) is -0.418. The van der Waals surface area contributed by atoms with Crippen LogP contribution in [-0.4, -0.2) is 22.2 Å². The van der Waals surface area contributed by atoms with Crippen LogP contribution >= 0.6 is 11.8 Å². The Labute approximate surface area is 91.4 Å². The molecule has 0 aliphatic rings. The molecule has 1 atom stereocenters. The number of aromatic nitrogens is 1. The first-order valence-electron chi connectivity index (χ1n) is 4.27. The summed E-state index contributed by atoms with van der Waals surface area (Å²) in [6.07, 6.45) is 1.64. The van der Waals surface area contributed by atoms with Crippen molar-refractivity contribution in [3.63, 3.8) is 0 Å². The highest BCUT2D eigenvalue weighted by atomic mass is 32.2. The van der Waals surface area contributed by atoms with Gasteiger partial charge in [0.15, 0.2) is 0 Å². The molecule has 0 radical (unpaired) electrons. The van der Waals surface area contributed by atoms with E-state index in [0.717, 1.165) is 5.03 Å². The van der Waals surface area contributed by atoms with E-state index < -0.39 is 17.2 Å². The highest BCUT2D eigenvalue weighted by molar-refractivity contribution is 8.00. The lowest BCUT2D eigenvalue weighted by atomic mass is 10.4. The molecule has 0 fully saturated rings. The number of imide groups is 1. The Morgan fingerprint density at radius 3 is 2.80 bits per heavy atom. The fourth-order valence-corrected chi connectivity index (χ4v) is 1.68. The predicted molar refractivity (Wildman–Crippen MR) is 57.3 cm³/mol. The standard InChI is InChI=1S/C9H11N3O2S/c1-6(8(13)12-9(10)14)15-7-4-2-3-5-11-7/h2-6H,1H3,(H3,10,12,13,14). The molecule has 0 aromatic carbocycles. The van der Waals surface area contributed by atoms with Gasteiger partial charge < -0.3 is 5.73 Å². The Hall–Kier alpha value is -1.56. The molecule has 0 bridgehead atoms. The first kappa shape index (κ1) is 11.5. The van der Waals surface area contributed by atoms with Crippen LogP contribution in [0.25, 0.3) is 0 Å². The van der Waals surface area contributed by atoms with Gasteiger partial charge in [-0.3, -0.25) is 10.1 Å². The van der Waals surface area contributed by atoms with Gasteiger partial charge in [-0.2, -0.15) is 0 Å². The number of urea groups is 1. The number of hydrogen-bond acceptors (Lipinski definition) is 4. The maximum atomic E-state index is 11.3. The van der Waals surface area contributed by atoms with Crippen molar-refractivity contribution in [1.82, 2.24) is 10.3 Å². The Kier molecular flexibility index (Phi) is 4.11. The maximum Gasteiger partial charge on any atom is 0.318 e. The average molecular weight is 225 g/mol. The zero-order valence-corrected chi connectivity index (χ0v) is 8.95. The van der Waals surface area contributed by atoms with Gasteiger partial charge in [0.25, 0.3) is 0 Å². The van der Waals surface area contributed by atoms with E-state index in [1.807, 2.05) is 11.4 Å². The van der Waals surface area contributed by atoms with Crippen LogP contribution in [-0.2, 0) is 4.79 Å². The number of carbonyl (C=O) groups is 2. The Bertz CT molecular complexity index is 356. The van der Waals surface area contributed by atoms with Crippen molar-refractivity contribution >= 4 is 23.7 Å². The molecule has 1 heterocycles. The van der Waals surface area contributed by atoms with Gasteiger partial charge >= 0.3 is 6.03 Å². The summed E-state index contributed by atoms with van der Waals surface area (Å²) in [6, 6.07) is 4.57. The smallest absolute Gasteiger partial charge is 0.318 e. The summed E-state index contributed by atoms with van der Waals surface area (Å²) in [4.78, 5) is 25.8. The number of primary amides is 1. The largest absolute Gasteiger partial charge is 0.351 e. The van der Waals surface area contributed by atoms with E-state index in [2.05, 4.69) is 4.98 Å². The van der Waals surface area contributed by atoms with Crippen molar-refractivity contribution in [2.24, 2.45) is 5.73 Å². The van der Waals surface area contributed by atoms with Crippen LogP contribution in [0.4, 0.5) is 4.79 Å². The van der Waals surface area contributed by atoms with Crippen LogP contribution < -0.4 is 11.1 Å². The highest BCUT2D eigenvalue weighted by Crippen LogP contribution is 2.20. The van der Waals surface area contributed by atoms with E-state index >= 15 is 0 Å². The number of amides is 3. The normalized spacial score (nSPS) is 11.8. The van der Waals surface area contributed by atoms with Gasteiger partial charge in [0.2, 0.25) is 5.91 Å². The Morgan fingerprint density at radius 2 is 2.27 bits per heavy atom. The van der Waals surface area contributed by atoms with E-state index in [-0.39, 0.29) is 0 Å². The number of nitrogens with one attached hydrogen (secondary N) is 1. The number of nitrogens with two attached hydrogens (primary N) is 1. The SMILES string of the molecule is CC(Sc1ccccn1)C(=O)NC(N)=O. The summed E-state index contributed by atoms with van der Waals surface area (Å²) >= 11 is 1.26. The number of carbonyl (C=O) groups excluding carboxylic acids is 2. The zero-order chi connectivity index (χ0) is 11.3. The second-order valence-corrected chi connectivity index (χ2v) is 4.14. The second-order valence-electron chi connectivity index (χ2n) is 2.78. The molecule has 3 N–H and O–H groups in total. The van der Waals surface area contributed by atoms with E-state index in [1.54, 1.807) is 25.3 Å². The average Bonchev–Trinajstić information content (AvgIpc) is 2.18. The quantitative estimate of drug-likeness (QED) is 0.743. The second kappa shape index (κ2) is 5.35. The number of pyridine rings is 1. The van der Waals surface area contributed by atoms with Crippen LogP contribution in [0.1, 0.15) is 6.92 Å². The summed E-state index contributed by atoms with van der Waals surface area (Å²) < 4.78 is 0. The fraction of sp³-hybridized carbons (Fsp3) is 0.222. The number of hydrogen-bond donors (Lipinski definition) is 2. The van der Waals surface area contributed by atoms with Crippen LogP contribution in [0.15, 0.2) is 29.4 Å². The highest BCUT2D eigenvalue weighted by Gasteiger charge is 2.15. The molecule has 5 nitrogen and oxygen atoms in total. The van der Waals surface area contributed by atoms with Crippen molar-refractivity contribution in [1.29, 1.82) is 0 Å². The predicted octanol–water partition coefficient (Wildman–Crippen LogP) is 0.757. The molecular weight excluding hydrogens is 214 g/mol. The first-order chi connectivity index (χ1) is 7.09. The van der Waals surface area contributed by atoms with E-state index in [0.29, 0.717) is 0 Å². The van der Waals surface area contributed by atoms with Crippen molar-refractivity contribution in [2.45, 2.75) is 17.2 Å². The summed E-state index contributed by atoms with van der Waals surface area (Å²) in [5.41, 5.74) is 4.83. The molecule has 6 heteroatoms. The minimum absolute atomic E-state index is 0.410. The lowest BCUT2D eigenvalue weighted by Gasteiger charge is -2.08. The van der Waals surface area contributed by atoms with Gasteiger partial charge in [-0.05, 0) is 19.1 Å². The molecule has 0 spiro atoms. The molecule has 0 aliphatic carbocycles. The maximum absolute atomic E-state index is 11.3. The summed E-state index contributed by atoms with van der Waals surface area (Å²) in [7, 11) is 0. The minimum Gasteiger partial charge on any atom is -0.351 e. The van der Waals surface area contributed by atoms with Gasteiger partial charge in [-0.25, -0.2) is 9.78 Å². The van der Waals surface area contributed by atoms with Gasteiger partial charge in [-0.1, -0.05) is 17.8 Å². The zero-order valence-electron chi connectivity index (χ0n) is 8.14. The first-order valence-corrected chi connectivity index (χ1v) is 5.15. The van der Waals surface area contributed by atoms with Crippen LogP contribution in [0, 0.1) is 0 Å². The molecular formula is C9H11N3O2S. The van der Waals surface area contributed by atoms with Crippen LogP contribution in [0.5, 0.6) is 0 Å². The Morgan fingerprint density at radius 1 is 1.53 bits per heavy atom. The molecule has 1 rings (SSSR count). The third kappa shape index (κ3) is 3.99. The molecule has 1 unspecified atom stereocenters. The van der Waals surface area contributed by atoms with Gasteiger partial charge in [-0.15, -0.1) is 0 Å². The van der Waals surface area contributed by atoms with Crippen molar-refractivity contribution in [3.8, 4) is 0 Å². The fourth-order valence-electron chi connectivity index (χ4n) is 0.874. The van der Waals surface area contributed by atoms with E-state index in [9.17, 15) is 9.59 Å². The summed E-state index contributed by atoms with van der Waals surface area (Å²) in [5, 5.41) is 2.33. The lowest BCUT2D eigenvalue weighted by molar-refractivity contribution is -0.119. The van der Waals surface area contributed by atoms with Crippen molar-refractivity contribution in [2.75, 3.05) is 0 Å². The van der Waals surface area contributed by atoms with Gasteiger partial charge in [0, 0.05) is 6.20 Å². The molecule has 1 aromatic heterocycles. The van der Waals surface area contributed by atoms with Gasteiger partial charge in [0.1, 0.15) is 0 Å². The molecule has 15 heavy (non-hydrogen) atoms. The van der Waals surface area contributed by atoms with Crippen molar-refractivity contribution in [3.05, 3.63) is 24.4 Å². The van der Waals surface area contributed by atoms with Crippen LogP contribution in [0.2, 0.25) is 0 Å². The molecule has 1 aromatic rings. The van der Waals surface area contributed by atoms with E-state index in [4.69, 9.17) is 5.73 Å². The molecule has 3 amide bonds. The monoisotopic (exact) mass is 225 g/mol. The molecule has 0 aliphatic heterocycles. The minimum atomic E-state index is -0.839. The van der Waals surface area contributed by atoms with Crippen LogP contribution in [0.3, 0.4) is 0 Å². The molecule has 80 valence electrons. The number of thioether (sulfide) groups is 1.